The summed E-state index contributed by atoms with van der Waals surface area (Å²) in [5.74, 6) is 0.681. The predicted octanol–water partition coefficient (Wildman–Crippen LogP) is 2.10. The van der Waals surface area contributed by atoms with Crippen molar-refractivity contribution in [3.8, 4) is 0 Å². The summed E-state index contributed by atoms with van der Waals surface area (Å²) in [4.78, 5) is 23.8. The van der Waals surface area contributed by atoms with Crippen molar-refractivity contribution in [2.75, 3.05) is 50.7 Å². The molecule has 0 radical (unpaired) electrons. The van der Waals surface area contributed by atoms with Gasteiger partial charge in [-0.2, -0.15) is 0 Å². The second kappa shape index (κ2) is 7.30. The number of anilines is 1. The lowest BCUT2D eigenvalue weighted by molar-refractivity contribution is 0.0677. The fraction of sp³-hybridized carbons (Fsp3) is 0.667. The van der Waals surface area contributed by atoms with Gasteiger partial charge in [-0.05, 0) is 37.4 Å². The van der Waals surface area contributed by atoms with Crippen LogP contribution in [0.15, 0.2) is 18.3 Å². The molecule has 3 heterocycles. The molecule has 2 aliphatic heterocycles. The molecule has 5 heteroatoms. The number of likely N-dealkylation sites (N-methyl/N-ethyl adjacent to an activating group) is 1. The molecule has 1 aromatic rings. The highest BCUT2D eigenvalue weighted by molar-refractivity contribution is 5.92. The molecule has 3 rings (SSSR count). The molecule has 0 N–H and O–H groups in total. The Morgan fingerprint density at radius 3 is 2.61 bits per heavy atom. The van der Waals surface area contributed by atoms with Gasteiger partial charge >= 0.3 is 0 Å². The third-order valence-corrected chi connectivity index (χ3v) is 5.10. The van der Waals surface area contributed by atoms with Crippen molar-refractivity contribution in [2.24, 2.45) is 5.92 Å². The molecule has 0 saturated carbocycles. The number of pyridine rings is 1. The van der Waals surface area contributed by atoms with Crippen LogP contribution in [0.25, 0.3) is 0 Å². The quantitative estimate of drug-likeness (QED) is 0.856. The van der Waals surface area contributed by atoms with E-state index in [1.807, 2.05) is 17.2 Å². The second-order valence-electron chi connectivity index (χ2n) is 6.82. The normalized spacial score (nSPS) is 23.1. The Labute approximate surface area is 139 Å². The number of hydrogen-bond donors (Lipinski definition) is 0. The molecule has 23 heavy (non-hydrogen) atoms. The van der Waals surface area contributed by atoms with Crippen molar-refractivity contribution in [2.45, 2.75) is 26.7 Å². The van der Waals surface area contributed by atoms with Crippen LogP contribution in [0.5, 0.6) is 0 Å². The number of hydrogen-bond acceptors (Lipinski definition) is 4. The Bertz CT molecular complexity index is 522. The molecule has 2 fully saturated rings. The van der Waals surface area contributed by atoms with Gasteiger partial charge in [-0.3, -0.25) is 4.79 Å². The third kappa shape index (κ3) is 3.83. The Balaban J connectivity index is 1.62. The van der Waals surface area contributed by atoms with E-state index in [-0.39, 0.29) is 5.91 Å². The van der Waals surface area contributed by atoms with E-state index in [0.29, 0.717) is 11.6 Å². The van der Waals surface area contributed by atoms with E-state index >= 15 is 0 Å². The number of carbonyl (C=O) groups excluding carboxylic acids is 1. The van der Waals surface area contributed by atoms with Gasteiger partial charge < -0.3 is 14.7 Å². The average Bonchev–Trinajstić information content (AvgIpc) is 2.61. The number of rotatable bonds is 3. The first-order chi connectivity index (χ1) is 11.2. The predicted molar refractivity (Wildman–Crippen MR) is 92.9 cm³/mol. The maximum atomic E-state index is 12.6. The zero-order valence-electron chi connectivity index (χ0n) is 14.4. The minimum atomic E-state index is 0.0823. The van der Waals surface area contributed by atoms with Crippen LogP contribution in [0.2, 0.25) is 0 Å². The van der Waals surface area contributed by atoms with Gasteiger partial charge in [0.2, 0.25) is 0 Å². The molecule has 1 aromatic heterocycles. The Kier molecular flexibility index (Phi) is 5.16. The van der Waals surface area contributed by atoms with E-state index in [1.165, 1.54) is 6.42 Å². The van der Waals surface area contributed by atoms with Crippen molar-refractivity contribution >= 4 is 11.6 Å². The zero-order valence-corrected chi connectivity index (χ0v) is 14.4. The van der Waals surface area contributed by atoms with E-state index in [9.17, 15) is 4.79 Å². The summed E-state index contributed by atoms with van der Waals surface area (Å²) in [5, 5.41) is 0. The van der Waals surface area contributed by atoms with Gasteiger partial charge in [-0.1, -0.05) is 13.8 Å². The summed E-state index contributed by atoms with van der Waals surface area (Å²) in [6, 6.07) is 3.94. The topological polar surface area (TPSA) is 39.7 Å². The van der Waals surface area contributed by atoms with Gasteiger partial charge in [-0.25, -0.2) is 4.98 Å². The molecule has 0 aliphatic carbocycles. The molecule has 1 amide bonds. The minimum Gasteiger partial charge on any atom is -0.368 e. The number of nitrogens with zero attached hydrogens (tertiary/aromatic N) is 4. The molecular formula is C18H28N4O. The lowest BCUT2D eigenvalue weighted by Crippen LogP contribution is -2.46. The largest absolute Gasteiger partial charge is 0.368 e. The standard InChI is InChI=1S/C18H28N4O/c1-3-20-9-11-21(12-10-20)16-6-7-17(19-13-16)18(23)22-8-4-5-15(2)14-22/h6-7,13,15H,3-5,8-12,14H2,1-2H3. The summed E-state index contributed by atoms with van der Waals surface area (Å²) in [6.45, 7) is 11.5. The van der Waals surface area contributed by atoms with Gasteiger partial charge in [0.25, 0.3) is 5.91 Å². The van der Waals surface area contributed by atoms with Crippen LogP contribution in [0.3, 0.4) is 0 Å². The SMILES string of the molecule is CCN1CCN(c2ccc(C(=O)N3CCCC(C)C3)nc2)CC1. The van der Waals surface area contributed by atoms with Crippen molar-refractivity contribution in [1.82, 2.24) is 14.8 Å². The first-order valence-corrected chi connectivity index (χ1v) is 8.90. The number of piperidine rings is 1. The maximum absolute atomic E-state index is 12.6. The van der Waals surface area contributed by atoms with E-state index in [1.54, 1.807) is 0 Å². The van der Waals surface area contributed by atoms with Crippen LogP contribution in [-0.2, 0) is 0 Å². The number of carbonyl (C=O) groups is 1. The molecule has 0 bridgehead atoms. The summed E-state index contributed by atoms with van der Waals surface area (Å²) in [5.41, 5.74) is 1.71. The van der Waals surface area contributed by atoms with Crippen LogP contribution in [0, 0.1) is 5.92 Å². The van der Waals surface area contributed by atoms with Crippen LogP contribution in [0.1, 0.15) is 37.2 Å². The lowest BCUT2D eigenvalue weighted by atomic mass is 10.00. The van der Waals surface area contributed by atoms with Crippen molar-refractivity contribution in [1.29, 1.82) is 0 Å². The van der Waals surface area contributed by atoms with Crippen molar-refractivity contribution in [3.05, 3.63) is 24.0 Å². The number of amides is 1. The smallest absolute Gasteiger partial charge is 0.272 e. The highest BCUT2D eigenvalue weighted by atomic mass is 16.2. The molecular weight excluding hydrogens is 288 g/mol. The van der Waals surface area contributed by atoms with Gasteiger partial charge in [0.1, 0.15) is 5.69 Å². The summed E-state index contributed by atoms with van der Waals surface area (Å²) >= 11 is 0. The fourth-order valence-electron chi connectivity index (χ4n) is 3.56. The lowest BCUT2D eigenvalue weighted by Gasteiger charge is -2.35. The Hall–Kier alpha value is -1.62. The van der Waals surface area contributed by atoms with Crippen LogP contribution in [0.4, 0.5) is 5.69 Å². The van der Waals surface area contributed by atoms with Crippen LogP contribution >= 0.6 is 0 Å². The highest BCUT2D eigenvalue weighted by Crippen LogP contribution is 2.19. The van der Waals surface area contributed by atoms with Gasteiger partial charge in [-0.15, -0.1) is 0 Å². The molecule has 1 unspecified atom stereocenters. The third-order valence-electron chi connectivity index (χ3n) is 5.10. The molecule has 1 atom stereocenters. The average molecular weight is 316 g/mol. The maximum Gasteiger partial charge on any atom is 0.272 e. The first kappa shape index (κ1) is 16.2. The monoisotopic (exact) mass is 316 g/mol. The van der Waals surface area contributed by atoms with Gasteiger partial charge in [0.05, 0.1) is 11.9 Å². The fourth-order valence-corrected chi connectivity index (χ4v) is 3.56. The van der Waals surface area contributed by atoms with Gasteiger partial charge in [0, 0.05) is 39.3 Å². The van der Waals surface area contributed by atoms with E-state index in [2.05, 4.69) is 34.7 Å². The van der Waals surface area contributed by atoms with E-state index < -0.39 is 0 Å². The molecule has 2 saturated heterocycles. The molecule has 0 spiro atoms. The van der Waals surface area contributed by atoms with Crippen molar-refractivity contribution < 1.29 is 4.79 Å². The number of likely N-dealkylation sites (tertiary alicyclic amines) is 1. The first-order valence-electron chi connectivity index (χ1n) is 8.90. The van der Waals surface area contributed by atoms with Crippen LogP contribution < -0.4 is 4.90 Å². The number of piperazine rings is 1. The zero-order chi connectivity index (χ0) is 16.2. The Morgan fingerprint density at radius 2 is 2.00 bits per heavy atom. The number of aromatic nitrogens is 1. The summed E-state index contributed by atoms with van der Waals surface area (Å²) in [6.07, 6.45) is 4.19. The Morgan fingerprint density at radius 1 is 1.22 bits per heavy atom. The summed E-state index contributed by atoms with van der Waals surface area (Å²) in [7, 11) is 0. The van der Waals surface area contributed by atoms with Crippen molar-refractivity contribution in [3.63, 3.8) is 0 Å². The highest BCUT2D eigenvalue weighted by Gasteiger charge is 2.23. The van der Waals surface area contributed by atoms with E-state index in [4.69, 9.17) is 0 Å². The van der Waals surface area contributed by atoms with Gasteiger partial charge in [0.15, 0.2) is 0 Å². The minimum absolute atomic E-state index is 0.0823. The molecule has 126 valence electrons. The van der Waals surface area contributed by atoms with Crippen LogP contribution in [-0.4, -0.2) is 66.5 Å². The second-order valence-corrected chi connectivity index (χ2v) is 6.82. The molecule has 0 aromatic carbocycles. The molecule has 5 nitrogen and oxygen atoms in total. The summed E-state index contributed by atoms with van der Waals surface area (Å²) < 4.78 is 0. The van der Waals surface area contributed by atoms with E-state index in [0.717, 1.165) is 57.9 Å². The molecule has 2 aliphatic rings.